The second-order valence-corrected chi connectivity index (χ2v) is 5.32. The van der Waals surface area contributed by atoms with Crippen LogP contribution in [0.1, 0.15) is 41.5 Å². The predicted molar refractivity (Wildman–Crippen MR) is 128 cm³/mol. The molecule has 0 radical (unpaired) electrons. The number of fused-ring (bicyclic) bond motifs is 2. The standard InChI is InChI=1S/2C6H5N3.2C3H6O.C2H6.Br2/c2*1-3-7-6-2-4-8-9(6)5-1;2*1-3(2)4;2*1-2/h2*1-5H;2*1-2H3;1-2H3;. The third kappa shape index (κ3) is 15.5. The van der Waals surface area contributed by atoms with Gasteiger partial charge in [0.25, 0.3) is 0 Å². The third-order valence-corrected chi connectivity index (χ3v) is 2.34. The van der Waals surface area contributed by atoms with Crippen molar-refractivity contribution in [1.82, 2.24) is 29.2 Å². The van der Waals surface area contributed by atoms with Crippen LogP contribution >= 0.6 is 28.3 Å². The fourth-order valence-corrected chi connectivity index (χ4v) is 1.53. The van der Waals surface area contributed by atoms with Crippen LogP contribution in [-0.2, 0) is 9.59 Å². The number of nitrogens with zero attached hydrogens (tertiary/aromatic N) is 6. The van der Waals surface area contributed by atoms with Crippen LogP contribution in [0.15, 0.2) is 61.4 Å². The van der Waals surface area contributed by atoms with Crippen LogP contribution in [0.2, 0.25) is 0 Å². The van der Waals surface area contributed by atoms with Gasteiger partial charge < -0.3 is 9.59 Å². The molecule has 0 saturated heterocycles. The van der Waals surface area contributed by atoms with E-state index in [1.54, 1.807) is 33.8 Å². The molecule has 4 aromatic rings. The van der Waals surface area contributed by atoms with Crippen molar-refractivity contribution in [2.45, 2.75) is 41.5 Å². The van der Waals surface area contributed by atoms with E-state index in [4.69, 9.17) is 0 Å². The molecule has 0 amide bonds. The molecule has 30 heavy (non-hydrogen) atoms. The van der Waals surface area contributed by atoms with Crippen LogP contribution in [-0.4, -0.2) is 40.8 Å². The van der Waals surface area contributed by atoms with Crippen LogP contribution < -0.4 is 0 Å². The summed E-state index contributed by atoms with van der Waals surface area (Å²) < 4.78 is 3.44. The average molecular weight is 544 g/mol. The van der Waals surface area contributed by atoms with Crippen molar-refractivity contribution < 1.29 is 9.59 Å². The normalized spacial score (nSPS) is 8.27. The number of ketones is 2. The van der Waals surface area contributed by atoms with Gasteiger partial charge in [-0.1, -0.05) is 13.8 Å². The Bertz CT molecular complexity index is 810. The van der Waals surface area contributed by atoms with Crippen LogP contribution in [0.4, 0.5) is 0 Å². The number of halogens is 2. The molecule has 0 aliphatic carbocycles. The minimum atomic E-state index is 0.167. The summed E-state index contributed by atoms with van der Waals surface area (Å²) in [7, 11) is 0. The predicted octanol–water partition coefficient (Wildman–Crippen LogP) is 5.37. The second-order valence-electron chi connectivity index (χ2n) is 5.32. The molecule has 4 aromatic heterocycles. The number of carbonyl (C=O) groups is 2. The topological polar surface area (TPSA) is 94.5 Å². The van der Waals surface area contributed by atoms with E-state index in [1.807, 2.05) is 50.5 Å². The van der Waals surface area contributed by atoms with E-state index < -0.39 is 0 Å². The van der Waals surface area contributed by atoms with E-state index in [1.165, 1.54) is 27.7 Å². The van der Waals surface area contributed by atoms with Crippen molar-refractivity contribution in [3.8, 4) is 0 Å². The van der Waals surface area contributed by atoms with Gasteiger partial charge in [0.1, 0.15) is 11.6 Å². The molecule has 0 aliphatic rings. The van der Waals surface area contributed by atoms with Crippen molar-refractivity contribution in [3.63, 3.8) is 0 Å². The van der Waals surface area contributed by atoms with Crippen molar-refractivity contribution in [2.75, 3.05) is 0 Å². The van der Waals surface area contributed by atoms with E-state index in [0.717, 1.165) is 11.3 Å². The highest BCUT2D eigenvalue weighted by Crippen LogP contribution is 1.94. The average Bonchev–Trinajstić information content (AvgIpc) is 3.40. The number of hydrogen-bond acceptors (Lipinski definition) is 6. The lowest BCUT2D eigenvalue weighted by Gasteiger charge is -1.85. The number of Topliss-reactive ketones (excluding diaryl/α,β-unsaturated/α-hetero) is 2. The first-order valence-corrected chi connectivity index (χ1v) is 12.7. The highest BCUT2D eigenvalue weighted by atomic mass is 80.9. The molecule has 0 saturated carbocycles. The lowest BCUT2D eigenvalue weighted by atomic mass is 10.6. The minimum absolute atomic E-state index is 0.167. The summed E-state index contributed by atoms with van der Waals surface area (Å²) >= 11 is 5.50. The van der Waals surface area contributed by atoms with Gasteiger partial charge in [-0.05, 0) is 39.8 Å². The monoisotopic (exact) mass is 542 g/mol. The summed E-state index contributed by atoms with van der Waals surface area (Å²) in [5, 5.41) is 7.95. The fraction of sp³-hybridized carbons (Fsp3) is 0.300. The summed E-state index contributed by atoms with van der Waals surface area (Å²) in [6.45, 7) is 10.1. The maximum Gasteiger partial charge on any atom is 0.154 e. The van der Waals surface area contributed by atoms with Crippen LogP contribution in [0.25, 0.3) is 11.3 Å². The summed E-state index contributed by atoms with van der Waals surface area (Å²) in [5.74, 6) is 0.333. The first kappa shape index (κ1) is 29.7. The largest absolute Gasteiger partial charge is 0.300 e. The van der Waals surface area contributed by atoms with Gasteiger partial charge in [-0.15, -0.1) is 0 Å². The molecular weight excluding hydrogens is 516 g/mol. The Morgan fingerprint density at radius 2 is 1.00 bits per heavy atom. The first-order chi connectivity index (χ1) is 14.4. The molecule has 0 unspecified atom stereocenters. The lowest BCUT2D eigenvalue weighted by molar-refractivity contribution is -0.115. The van der Waals surface area contributed by atoms with Crippen LogP contribution in [0.3, 0.4) is 0 Å². The fourth-order valence-electron chi connectivity index (χ4n) is 1.53. The summed E-state index contributed by atoms with van der Waals surface area (Å²) in [5.41, 5.74) is 1.77. The van der Waals surface area contributed by atoms with Gasteiger partial charge in [0, 0.05) is 65.2 Å². The Balaban J connectivity index is 0. The van der Waals surface area contributed by atoms with Gasteiger partial charge in [0.05, 0.1) is 12.4 Å². The smallest absolute Gasteiger partial charge is 0.154 e. The van der Waals surface area contributed by atoms with E-state index in [9.17, 15) is 9.59 Å². The van der Waals surface area contributed by atoms with Crippen molar-refractivity contribution in [2.24, 2.45) is 0 Å². The van der Waals surface area contributed by atoms with Gasteiger partial charge >= 0.3 is 0 Å². The molecule has 4 heterocycles. The number of hydrogen-bond donors (Lipinski definition) is 0. The number of carbonyl (C=O) groups excluding carboxylic acids is 2. The van der Waals surface area contributed by atoms with Crippen LogP contribution in [0.5, 0.6) is 0 Å². The Labute approximate surface area is 192 Å². The zero-order valence-electron chi connectivity index (χ0n) is 18.0. The summed E-state index contributed by atoms with van der Waals surface area (Å²) in [6, 6.07) is 7.42. The van der Waals surface area contributed by atoms with Gasteiger partial charge in [-0.3, -0.25) is 0 Å². The molecule has 0 aromatic carbocycles. The Hall–Kier alpha value is -2.46. The van der Waals surface area contributed by atoms with Crippen molar-refractivity contribution in [3.05, 3.63) is 61.4 Å². The Morgan fingerprint density at radius 3 is 1.27 bits per heavy atom. The Morgan fingerprint density at radius 1 is 0.700 bits per heavy atom. The molecule has 0 aliphatic heterocycles. The molecule has 4 rings (SSSR count). The van der Waals surface area contributed by atoms with E-state index >= 15 is 0 Å². The molecule has 0 spiro atoms. The Kier molecular flexibility index (Phi) is 19.7. The molecule has 0 fully saturated rings. The molecule has 0 N–H and O–H groups in total. The van der Waals surface area contributed by atoms with Crippen molar-refractivity contribution in [1.29, 1.82) is 0 Å². The molecule has 8 nitrogen and oxygen atoms in total. The maximum absolute atomic E-state index is 9.44. The molecule has 10 heteroatoms. The first-order valence-electron chi connectivity index (χ1n) is 8.97. The molecular formula is C20H28Br2N6O2. The molecule has 0 atom stereocenters. The van der Waals surface area contributed by atoms with Gasteiger partial charge in [0.15, 0.2) is 11.3 Å². The highest BCUT2D eigenvalue weighted by molar-refractivity contribution is 9.93. The van der Waals surface area contributed by atoms with Crippen molar-refractivity contribution >= 4 is 51.1 Å². The van der Waals surface area contributed by atoms with E-state index in [0.29, 0.717) is 0 Å². The van der Waals surface area contributed by atoms with E-state index in [2.05, 4.69) is 48.4 Å². The zero-order chi connectivity index (χ0) is 23.4. The lowest BCUT2D eigenvalue weighted by Crippen LogP contribution is -1.85. The summed E-state index contributed by atoms with van der Waals surface area (Å²) in [4.78, 5) is 27.0. The van der Waals surface area contributed by atoms with Crippen LogP contribution in [0, 0.1) is 0 Å². The number of aromatic nitrogens is 6. The van der Waals surface area contributed by atoms with Gasteiger partial charge in [-0.25, -0.2) is 19.0 Å². The van der Waals surface area contributed by atoms with Gasteiger partial charge in [-0.2, -0.15) is 10.2 Å². The second kappa shape index (κ2) is 19.8. The van der Waals surface area contributed by atoms with E-state index in [-0.39, 0.29) is 11.6 Å². The number of rotatable bonds is 0. The minimum Gasteiger partial charge on any atom is -0.300 e. The quantitative estimate of drug-likeness (QED) is 0.296. The summed E-state index contributed by atoms with van der Waals surface area (Å²) in [6.07, 6.45) is 10.7. The molecule has 164 valence electrons. The maximum atomic E-state index is 9.44. The molecule has 0 bridgehead atoms. The highest BCUT2D eigenvalue weighted by Gasteiger charge is 1.87. The zero-order valence-corrected chi connectivity index (χ0v) is 21.2. The van der Waals surface area contributed by atoms with Gasteiger partial charge in [0.2, 0.25) is 0 Å². The SMILES string of the molecule is BrBr.CC.CC(C)=O.CC(C)=O.c1cnc2ccnn2c1.c1cnc2ccnn2c1. The third-order valence-electron chi connectivity index (χ3n) is 2.34.